The van der Waals surface area contributed by atoms with Crippen LogP contribution in [0.1, 0.15) is 55.6 Å². The number of benzene rings is 14. The van der Waals surface area contributed by atoms with Crippen molar-refractivity contribution in [3.8, 4) is 61.7 Å². The average Bonchev–Trinajstić information content (AvgIpc) is 1.57. The first-order chi connectivity index (χ1) is 46.0. The van der Waals surface area contributed by atoms with Crippen LogP contribution < -0.4 is 9.64 Å². The van der Waals surface area contributed by atoms with Crippen molar-refractivity contribution in [2.45, 2.75) is 10.8 Å². The van der Waals surface area contributed by atoms with Gasteiger partial charge in [0.2, 0.25) is 0 Å². The fourth-order valence-corrected chi connectivity index (χ4v) is 15.3. The molecule has 1 heterocycles. The predicted octanol–water partition coefficient (Wildman–Crippen LogP) is 23.4. The Morgan fingerprint density at radius 2 is 0.677 bits per heavy atom. The molecule has 1 unspecified atom stereocenters. The standard InChI is InChI=1S/C90H62N2O/c1-3-61-32-36-63(37-33-61)64-38-47-72(48-39-64)92-87-31-19-16-28-81(87)82-58-66(42-57-88(82)92)65-40-45-71(46-41-65)91(73-49-55-79-77-26-14-17-29-83(77)89(85(79)59-73,67-20-8-5-9-21-67)68-22-10-6-11-23-68)74-50-56-80-78-27-15-18-30-84(78)90(86(80)60-74,69-24-12-7-13-25-69)70-43-53-76(54-44-70)93-75-51-34-62(4-2)35-52-75/h3-60H,1-2H2. The Hall–Kier alpha value is -12.0. The van der Waals surface area contributed by atoms with Crippen molar-refractivity contribution in [1.29, 1.82) is 0 Å². The van der Waals surface area contributed by atoms with Crippen LogP contribution in [0.25, 0.3) is 84.2 Å². The van der Waals surface area contributed by atoms with Crippen molar-refractivity contribution in [2.24, 2.45) is 0 Å². The summed E-state index contributed by atoms with van der Waals surface area (Å²) >= 11 is 0. The van der Waals surface area contributed by atoms with Crippen molar-refractivity contribution in [3.05, 3.63) is 409 Å². The molecule has 2 aliphatic carbocycles. The lowest BCUT2D eigenvalue weighted by Crippen LogP contribution is -2.29. The Bertz CT molecular complexity index is 5300. The van der Waals surface area contributed by atoms with E-state index >= 15 is 0 Å². The first kappa shape index (κ1) is 55.1. The van der Waals surface area contributed by atoms with Gasteiger partial charge in [0, 0.05) is 33.5 Å². The molecule has 14 aromatic carbocycles. The molecular formula is C90H62N2O. The SMILES string of the molecule is C=Cc1ccc(Oc2ccc(C3(c4ccccc4)c4ccccc4-c4ccc(N(c5ccc(-c6ccc7c(c6)c6ccccc6n7-c6ccc(-c7ccc(C=C)cc7)cc6)cc5)c5ccc6c(c5)C(c5ccccc5)(c5ccccc5)c5ccccc5-6)cc43)cc2)cc1. The van der Waals surface area contributed by atoms with Gasteiger partial charge in [-0.2, -0.15) is 0 Å². The van der Waals surface area contributed by atoms with Gasteiger partial charge in [0.15, 0.2) is 0 Å². The van der Waals surface area contributed by atoms with E-state index in [0.717, 1.165) is 67.6 Å². The molecule has 1 aromatic heterocycles. The maximum Gasteiger partial charge on any atom is 0.127 e. The zero-order chi connectivity index (χ0) is 62.0. The van der Waals surface area contributed by atoms with Crippen LogP contribution in [0.2, 0.25) is 0 Å². The van der Waals surface area contributed by atoms with Crippen LogP contribution in [0.3, 0.4) is 0 Å². The van der Waals surface area contributed by atoms with Crippen molar-refractivity contribution in [3.63, 3.8) is 0 Å². The molecular weight excluding hydrogens is 1130 g/mol. The molecule has 3 nitrogen and oxygen atoms in total. The molecule has 0 radical (unpaired) electrons. The van der Waals surface area contributed by atoms with E-state index in [1.54, 1.807) is 0 Å². The Balaban J connectivity index is 0.832. The van der Waals surface area contributed by atoms with Crippen molar-refractivity contribution < 1.29 is 4.74 Å². The molecule has 0 aliphatic heterocycles. The Morgan fingerprint density at radius 1 is 0.290 bits per heavy atom. The van der Waals surface area contributed by atoms with E-state index in [0.29, 0.717) is 0 Å². The highest BCUT2D eigenvalue weighted by Crippen LogP contribution is 2.60. The lowest BCUT2D eigenvalue weighted by Gasteiger charge is -2.36. The minimum atomic E-state index is -0.693. The van der Waals surface area contributed by atoms with Gasteiger partial charge in [-0.05, 0) is 191 Å². The van der Waals surface area contributed by atoms with E-state index < -0.39 is 10.8 Å². The Morgan fingerprint density at radius 3 is 1.20 bits per heavy atom. The lowest BCUT2D eigenvalue weighted by atomic mass is 9.67. The molecule has 3 heteroatoms. The zero-order valence-electron chi connectivity index (χ0n) is 51.2. The molecule has 0 saturated carbocycles. The summed E-state index contributed by atoms with van der Waals surface area (Å²) in [4.78, 5) is 2.49. The molecule has 0 fully saturated rings. The summed E-state index contributed by atoms with van der Waals surface area (Å²) in [7, 11) is 0. The normalized spacial score (nSPS) is 14.0. The van der Waals surface area contributed by atoms with Crippen LogP contribution in [-0.4, -0.2) is 4.57 Å². The molecule has 0 saturated heterocycles. The Kier molecular flexibility index (Phi) is 13.3. The number of nitrogens with zero attached hydrogens (tertiary/aromatic N) is 2. The van der Waals surface area contributed by atoms with Gasteiger partial charge in [-0.3, -0.25) is 0 Å². The second-order valence-corrected chi connectivity index (χ2v) is 24.4. The van der Waals surface area contributed by atoms with E-state index in [-0.39, 0.29) is 0 Å². The van der Waals surface area contributed by atoms with Gasteiger partial charge in [0.05, 0.1) is 21.9 Å². The molecule has 0 N–H and O–H groups in total. The highest BCUT2D eigenvalue weighted by atomic mass is 16.5. The number of fused-ring (bicyclic) bond motifs is 9. The summed E-state index contributed by atoms with van der Waals surface area (Å²) < 4.78 is 8.91. The number of ether oxygens (including phenoxy) is 1. The summed E-state index contributed by atoms with van der Waals surface area (Å²) in [5, 5.41) is 2.42. The highest BCUT2D eigenvalue weighted by molar-refractivity contribution is 6.10. The van der Waals surface area contributed by atoms with Gasteiger partial charge >= 0.3 is 0 Å². The third-order valence-corrected chi connectivity index (χ3v) is 19.6. The second-order valence-electron chi connectivity index (χ2n) is 24.4. The highest BCUT2D eigenvalue weighted by Gasteiger charge is 2.48. The van der Waals surface area contributed by atoms with Crippen LogP contribution in [0.4, 0.5) is 17.1 Å². The maximum absolute atomic E-state index is 6.51. The third kappa shape index (κ3) is 8.88. The fourth-order valence-electron chi connectivity index (χ4n) is 15.3. The molecule has 0 spiro atoms. The summed E-state index contributed by atoms with van der Waals surface area (Å²) in [5.74, 6) is 1.54. The van der Waals surface area contributed by atoms with Gasteiger partial charge in [0.1, 0.15) is 11.5 Å². The molecule has 15 aromatic rings. The van der Waals surface area contributed by atoms with Crippen LogP contribution in [0, 0.1) is 0 Å². The summed E-state index contributed by atoms with van der Waals surface area (Å²) in [6.45, 7) is 7.89. The average molecular weight is 1190 g/mol. The number of rotatable bonds is 14. The topological polar surface area (TPSA) is 17.4 Å². The second kappa shape index (κ2) is 22.5. The van der Waals surface area contributed by atoms with Gasteiger partial charge in [-0.25, -0.2) is 0 Å². The minimum absolute atomic E-state index is 0.601. The molecule has 438 valence electrons. The van der Waals surface area contributed by atoms with Gasteiger partial charge < -0.3 is 14.2 Å². The van der Waals surface area contributed by atoms with Crippen LogP contribution >= 0.6 is 0 Å². The van der Waals surface area contributed by atoms with Gasteiger partial charge in [-0.1, -0.05) is 274 Å². The lowest BCUT2D eigenvalue weighted by molar-refractivity contribution is 0.482. The van der Waals surface area contributed by atoms with Crippen molar-refractivity contribution >= 4 is 51.0 Å². The number of hydrogen-bond donors (Lipinski definition) is 0. The maximum atomic E-state index is 6.51. The molecule has 2 aliphatic rings. The van der Waals surface area contributed by atoms with E-state index in [1.807, 2.05) is 36.4 Å². The van der Waals surface area contributed by atoms with E-state index in [1.165, 1.54) is 88.6 Å². The summed E-state index contributed by atoms with van der Waals surface area (Å²) in [6.07, 6.45) is 3.73. The third-order valence-electron chi connectivity index (χ3n) is 19.6. The van der Waals surface area contributed by atoms with Crippen molar-refractivity contribution in [2.75, 3.05) is 4.90 Å². The molecule has 1 atom stereocenters. The molecule has 0 amide bonds. The number of aromatic nitrogens is 1. The first-order valence-electron chi connectivity index (χ1n) is 31.9. The number of para-hydroxylation sites is 1. The zero-order valence-corrected chi connectivity index (χ0v) is 51.2. The van der Waals surface area contributed by atoms with Gasteiger partial charge in [-0.15, -0.1) is 0 Å². The molecule has 17 rings (SSSR count). The van der Waals surface area contributed by atoms with E-state index in [4.69, 9.17) is 4.74 Å². The van der Waals surface area contributed by atoms with E-state index in [9.17, 15) is 0 Å². The Labute approximate surface area is 543 Å². The van der Waals surface area contributed by atoms with Gasteiger partial charge in [0.25, 0.3) is 0 Å². The van der Waals surface area contributed by atoms with Crippen LogP contribution in [0.5, 0.6) is 11.5 Å². The summed E-state index contributed by atoms with van der Waals surface area (Å²) in [6, 6.07) is 125. The fraction of sp³-hybridized carbons (Fsp3) is 0.0222. The van der Waals surface area contributed by atoms with Crippen LogP contribution in [0.15, 0.2) is 353 Å². The molecule has 0 bridgehead atoms. The largest absolute Gasteiger partial charge is 0.457 e. The molecule has 93 heavy (non-hydrogen) atoms. The van der Waals surface area contributed by atoms with Crippen LogP contribution in [-0.2, 0) is 10.8 Å². The minimum Gasteiger partial charge on any atom is -0.457 e. The van der Waals surface area contributed by atoms with E-state index in [2.05, 4.69) is 338 Å². The first-order valence-corrected chi connectivity index (χ1v) is 31.9. The smallest absolute Gasteiger partial charge is 0.127 e. The summed E-state index contributed by atoms with van der Waals surface area (Å²) in [5.41, 5.74) is 26.8. The predicted molar refractivity (Wildman–Crippen MR) is 388 cm³/mol. The number of anilines is 3. The monoisotopic (exact) mass is 1190 g/mol. The number of hydrogen-bond acceptors (Lipinski definition) is 2. The quantitative estimate of drug-likeness (QED) is 0.108. The van der Waals surface area contributed by atoms with Crippen molar-refractivity contribution in [1.82, 2.24) is 4.57 Å².